The maximum absolute atomic E-state index is 5.53. The summed E-state index contributed by atoms with van der Waals surface area (Å²) >= 11 is 5.53. The molecule has 3 aliphatic rings. The Bertz CT molecular complexity index is 383. The van der Waals surface area contributed by atoms with E-state index < -0.39 is 0 Å². The van der Waals surface area contributed by atoms with E-state index in [0.717, 1.165) is 23.4 Å². The van der Waals surface area contributed by atoms with E-state index in [0.29, 0.717) is 24.4 Å². The van der Waals surface area contributed by atoms with Gasteiger partial charge in [-0.25, -0.2) is 0 Å². The first-order valence-electron chi connectivity index (χ1n) is 9.21. The van der Waals surface area contributed by atoms with Gasteiger partial charge < -0.3 is 10.6 Å². The highest BCUT2D eigenvalue weighted by atomic mass is 32.1. The van der Waals surface area contributed by atoms with Crippen molar-refractivity contribution < 1.29 is 0 Å². The molecule has 4 nitrogen and oxygen atoms in total. The van der Waals surface area contributed by atoms with Crippen LogP contribution >= 0.6 is 12.2 Å². The molecule has 0 aromatic rings. The van der Waals surface area contributed by atoms with Gasteiger partial charge in [-0.05, 0) is 63.1 Å². The van der Waals surface area contributed by atoms with Crippen LogP contribution in [-0.4, -0.2) is 29.5 Å². The highest BCUT2D eigenvalue weighted by Gasteiger charge is 2.37. The van der Waals surface area contributed by atoms with E-state index >= 15 is 0 Å². The molecule has 0 bridgehead atoms. The summed E-state index contributed by atoms with van der Waals surface area (Å²) in [7, 11) is 0. The van der Waals surface area contributed by atoms with E-state index in [4.69, 9.17) is 12.2 Å². The van der Waals surface area contributed by atoms with Crippen LogP contribution in [-0.2, 0) is 0 Å². The van der Waals surface area contributed by atoms with E-state index in [1.165, 1.54) is 44.9 Å². The third-order valence-electron chi connectivity index (χ3n) is 5.76. The summed E-state index contributed by atoms with van der Waals surface area (Å²) in [6.45, 7) is 4.69. The van der Waals surface area contributed by atoms with Gasteiger partial charge in [-0.3, -0.25) is 10.6 Å². The number of hydrogen-bond acceptors (Lipinski definition) is 3. The smallest absolute Gasteiger partial charge is 0.167 e. The Balaban J connectivity index is 1.46. The molecule has 4 N–H and O–H groups in total. The number of rotatable bonds is 2. The molecule has 126 valence electrons. The maximum atomic E-state index is 5.53. The van der Waals surface area contributed by atoms with Crippen molar-refractivity contribution in [2.75, 3.05) is 0 Å². The second kappa shape index (κ2) is 7.45. The van der Waals surface area contributed by atoms with Gasteiger partial charge in [0.2, 0.25) is 0 Å². The molecular weight excluding hydrogens is 292 g/mol. The predicted molar refractivity (Wildman–Crippen MR) is 95.6 cm³/mol. The van der Waals surface area contributed by atoms with Crippen LogP contribution in [0.5, 0.6) is 0 Å². The van der Waals surface area contributed by atoms with Gasteiger partial charge in [0.1, 0.15) is 0 Å². The van der Waals surface area contributed by atoms with Crippen molar-refractivity contribution >= 4 is 17.3 Å². The molecular formula is C17H32N4S. The fourth-order valence-corrected chi connectivity index (χ4v) is 4.90. The van der Waals surface area contributed by atoms with Gasteiger partial charge in [0, 0.05) is 12.1 Å². The zero-order valence-corrected chi connectivity index (χ0v) is 14.8. The first kappa shape index (κ1) is 16.5. The third-order valence-corrected chi connectivity index (χ3v) is 6.00. The van der Waals surface area contributed by atoms with Crippen LogP contribution in [0.1, 0.15) is 65.2 Å². The zero-order chi connectivity index (χ0) is 15.5. The minimum absolute atomic E-state index is 0.301. The first-order chi connectivity index (χ1) is 10.6. The Hall–Kier alpha value is -0.390. The first-order valence-corrected chi connectivity index (χ1v) is 9.62. The second-order valence-electron chi connectivity index (χ2n) is 7.67. The number of nitrogens with one attached hydrogen (secondary N) is 4. The predicted octanol–water partition coefficient (Wildman–Crippen LogP) is 2.45. The molecule has 5 atom stereocenters. The van der Waals surface area contributed by atoms with Gasteiger partial charge in [-0.2, -0.15) is 0 Å². The summed E-state index contributed by atoms with van der Waals surface area (Å²) in [5, 5.41) is 15.3. The quantitative estimate of drug-likeness (QED) is 0.588. The van der Waals surface area contributed by atoms with Crippen LogP contribution in [0, 0.1) is 11.8 Å². The molecule has 0 aromatic heterocycles. The molecule has 0 spiro atoms. The van der Waals surface area contributed by atoms with Crippen molar-refractivity contribution in [2.24, 2.45) is 11.8 Å². The van der Waals surface area contributed by atoms with Crippen molar-refractivity contribution in [3.8, 4) is 0 Å². The van der Waals surface area contributed by atoms with E-state index in [1.54, 1.807) is 0 Å². The van der Waals surface area contributed by atoms with Crippen molar-refractivity contribution in [1.82, 2.24) is 21.3 Å². The van der Waals surface area contributed by atoms with Crippen molar-refractivity contribution in [1.29, 1.82) is 0 Å². The fourth-order valence-electron chi connectivity index (χ4n) is 4.59. The number of thiocarbonyl (C=S) groups is 1. The molecule has 2 aliphatic heterocycles. The molecule has 2 saturated heterocycles. The monoisotopic (exact) mass is 324 g/mol. The topological polar surface area (TPSA) is 48.1 Å². The molecule has 22 heavy (non-hydrogen) atoms. The molecule has 5 unspecified atom stereocenters. The molecule has 0 amide bonds. The summed E-state index contributed by atoms with van der Waals surface area (Å²) < 4.78 is 0. The van der Waals surface area contributed by atoms with Gasteiger partial charge >= 0.3 is 0 Å². The van der Waals surface area contributed by atoms with Crippen LogP contribution in [0.25, 0.3) is 0 Å². The summed E-state index contributed by atoms with van der Waals surface area (Å²) in [5.74, 6) is 1.57. The molecule has 0 aromatic carbocycles. The Morgan fingerprint density at radius 2 is 1.73 bits per heavy atom. The summed E-state index contributed by atoms with van der Waals surface area (Å²) in [6, 6.07) is 1.19. The largest absolute Gasteiger partial charge is 0.360 e. The lowest BCUT2D eigenvalue weighted by molar-refractivity contribution is 0.0857. The average Bonchev–Trinajstić information content (AvgIpc) is 2.47. The Morgan fingerprint density at radius 1 is 0.955 bits per heavy atom. The number of piperidine rings is 2. The van der Waals surface area contributed by atoms with E-state index in [9.17, 15) is 0 Å². The molecule has 3 fully saturated rings. The Kier molecular flexibility index (Phi) is 5.58. The van der Waals surface area contributed by atoms with E-state index in [-0.39, 0.29) is 0 Å². The lowest BCUT2D eigenvalue weighted by Crippen LogP contribution is -2.65. The number of fused-ring (bicyclic) bond motifs is 1. The lowest BCUT2D eigenvalue weighted by atomic mass is 9.77. The molecule has 3 rings (SSSR count). The summed E-state index contributed by atoms with van der Waals surface area (Å²) in [4.78, 5) is 0. The Morgan fingerprint density at radius 3 is 2.50 bits per heavy atom. The van der Waals surface area contributed by atoms with E-state index in [2.05, 4.69) is 35.1 Å². The van der Waals surface area contributed by atoms with Crippen LogP contribution < -0.4 is 21.3 Å². The van der Waals surface area contributed by atoms with Crippen LogP contribution in [0.3, 0.4) is 0 Å². The Labute approximate surface area is 140 Å². The highest BCUT2D eigenvalue weighted by molar-refractivity contribution is 7.80. The van der Waals surface area contributed by atoms with Crippen molar-refractivity contribution in [2.45, 2.75) is 89.6 Å². The lowest BCUT2D eigenvalue weighted by Gasteiger charge is -2.46. The minimum atomic E-state index is 0.301. The van der Waals surface area contributed by atoms with Gasteiger partial charge in [0.15, 0.2) is 5.11 Å². The van der Waals surface area contributed by atoms with Gasteiger partial charge in [0.05, 0.1) is 12.3 Å². The summed E-state index contributed by atoms with van der Waals surface area (Å²) in [6.07, 6.45) is 11.1. The maximum Gasteiger partial charge on any atom is 0.167 e. The van der Waals surface area contributed by atoms with Gasteiger partial charge in [-0.15, -0.1) is 0 Å². The standard InChI is InChI=1S/C17H32N4S/c1-11-10-12(2)18-16-14(11)8-9-15(20-16)21-17(22)19-13-6-4-3-5-7-13/h11-16,18,20H,3-10H2,1-2H3,(H2,19,21,22). The SMILES string of the molecule is CC1CC(C)C2CCC(NC(=S)NC3CCCCC3)NC2N1. The van der Waals surface area contributed by atoms with Crippen LogP contribution in [0.4, 0.5) is 0 Å². The highest BCUT2D eigenvalue weighted by Crippen LogP contribution is 2.32. The third kappa shape index (κ3) is 4.12. The molecule has 2 heterocycles. The molecule has 0 radical (unpaired) electrons. The second-order valence-corrected chi connectivity index (χ2v) is 8.08. The molecule has 5 heteroatoms. The normalized spacial score (nSPS) is 39.8. The molecule has 1 saturated carbocycles. The number of hydrogen-bond donors (Lipinski definition) is 4. The van der Waals surface area contributed by atoms with Gasteiger partial charge in [0.25, 0.3) is 0 Å². The minimum Gasteiger partial charge on any atom is -0.360 e. The summed E-state index contributed by atoms with van der Waals surface area (Å²) in [5.41, 5.74) is 0. The van der Waals surface area contributed by atoms with Gasteiger partial charge in [-0.1, -0.05) is 26.2 Å². The van der Waals surface area contributed by atoms with Crippen LogP contribution in [0.2, 0.25) is 0 Å². The van der Waals surface area contributed by atoms with Crippen molar-refractivity contribution in [3.63, 3.8) is 0 Å². The molecule has 1 aliphatic carbocycles. The van der Waals surface area contributed by atoms with Crippen molar-refractivity contribution in [3.05, 3.63) is 0 Å². The van der Waals surface area contributed by atoms with E-state index in [1.807, 2.05) is 0 Å². The fraction of sp³-hybridized carbons (Fsp3) is 0.941. The van der Waals surface area contributed by atoms with Crippen LogP contribution in [0.15, 0.2) is 0 Å². The average molecular weight is 325 g/mol. The zero-order valence-electron chi connectivity index (χ0n) is 14.0.